The largest absolute Gasteiger partial charge is 2.00 e. The zero-order chi connectivity index (χ0) is 4.24. The summed E-state index contributed by atoms with van der Waals surface area (Å²) in [4.78, 5) is 0. The molecular weight excluding hydrogens is 336 g/mol. The molecule has 0 fully saturated rings. The fourth-order valence-electron chi connectivity index (χ4n) is 0.342. The van der Waals surface area contributed by atoms with E-state index in [1.54, 1.807) is 0 Å². The third-order valence-electron chi connectivity index (χ3n) is 0.607. The molecule has 0 spiro atoms. The van der Waals surface area contributed by atoms with Crippen LogP contribution in [0.5, 0.6) is 0 Å². The van der Waals surface area contributed by atoms with Crippen molar-refractivity contribution in [3.63, 3.8) is 0 Å². The van der Waals surface area contributed by atoms with E-state index >= 15 is 0 Å². The summed E-state index contributed by atoms with van der Waals surface area (Å²) in [6.45, 7) is 0. The van der Waals surface area contributed by atoms with Crippen molar-refractivity contribution >= 4 is 48.9 Å². The van der Waals surface area contributed by atoms with Gasteiger partial charge in [-0.05, 0) is 0 Å². The molecule has 0 radical (unpaired) electrons. The van der Waals surface area contributed by atoms with Gasteiger partial charge in [-0.15, -0.1) is 0 Å². The summed E-state index contributed by atoms with van der Waals surface area (Å²) < 4.78 is 0. The Bertz CT molecular complexity index is 80.5. The van der Waals surface area contributed by atoms with Crippen LogP contribution in [-0.2, 0) is 0 Å². The minimum atomic E-state index is 0. The molecule has 0 aliphatic rings. The predicted octanol–water partition coefficient (Wildman–Crippen LogP) is -1.89. The first-order valence-corrected chi connectivity index (χ1v) is 1.91. The fraction of sp³-hybridized carbons (Fsp3) is 0. The van der Waals surface area contributed by atoms with E-state index in [1.807, 2.05) is 30.3 Å². The summed E-state index contributed by atoms with van der Waals surface area (Å²) in [7, 11) is 0. The van der Waals surface area contributed by atoms with Crippen molar-refractivity contribution in [2.45, 2.75) is 0 Å². The number of hydrogen-bond donors (Lipinski definition) is 0. The second kappa shape index (κ2) is 8.52. The SMILES string of the molecule is [Ba+2].[I-].[c-]1ccccc1. The van der Waals surface area contributed by atoms with Crippen LogP contribution in [0.2, 0.25) is 0 Å². The average molecular weight is 341 g/mol. The molecule has 0 atom stereocenters. The maximum Gasteiger partial charge on any atom is 2.00 e. The number of halogens is 1. The quantitative estimate of drug-likeness (QED) is 0.294. The van der Waals surface area contributed by atoms with Gasteiger partial charge in [0.05, 0.1) is 0 Å². The second-order valence-corrected chi connectivity index (χ2v) is 1.08. The topological polar surface area (TPSA) is 0 Å². The van der Waals surface area contributed by atoms with E-state index in [4.69, 9.17) is 0 Å². The van der Waals surface area contributed by atoms with Gasteiger partial charge in [0.2, 0.25) is 0 Å². The second-order valence-electron chi connectivity index (χ2n) is 1.08. The van der Waals surface area contributed by atoms with Crippen LogP contribution in [0.3, 0.4) is 0 Å². The van der Waals surface area contributed by atoms with Crippen LogP contribution in [0.25, 0.3) is 0 Å². The molecule has 0 saturated carbocycles. The van der Waals surface area contributed by atoms with Crippen LogP contribution in [0.4, 0.5) is 0 Å². The van der Waals surface area contributed by atoms with Crippen LogP contribution in [0.1, 0.15) is 0 Å². The van der Waals surface area contributed by atoms with Gasteiger partial charge in [0.15, 0.2) is 0 Å². The number of rotatable bonds is 0. The Hall–Kier alpha value is 1.52. The van der Waals surface area contributed by atoms with Crippen molar-refractivity contribution < 1.29 is 24.0 Å². The molecule has 38 valence electrons. The summed E-state index contributed by atoms with van der Waals surface area (Å²) in [5.74, 6) is 0. The van der Waals surface area contributed by atoms with Gasteiger partial charge < -0.3 is 24.0 Å². The first kappa shape index (κ1) is 12.2. The van der Waals surface area contributed by atoms with Gasteiger partial charge in [-0.2, -0.15) is 36.4 Å². The zero-order valence-corrected chi connectivity index (χ0v) is 11.1. The average Bonchev–Trinajstić information content (AvgIpc) is 1.72. The van der Waals surface area contributed by atoms with Gasteiger partial charge >= 0.3 is 48.9 Å². The maximum absolute atomic E-state index is 2.89. The van der Waals surface area contributed by atoms with Crippen LogP contribution in [-0.4, -0.2) is 48.9 Å². The molecule has 0 aliphatic heterocycles. The Balaban J connectivity index is 0. The van der Waals surface area contributed by atoms with Crippen LogP contribution < -0.4 is 24.0 Å². The van der Waals surface area contributed by atoms with Gasteiger partial charge in [-0.25, -0.2) is 0 Å². The molecule has 0 unspecified atom stereocenters. The van der Waals surface area contributed by atoms with Crippen molar-refractivity contribution in [3.05, 3.63) is 36.4 Å². The predicted molar refractivity (Wildman–Crippen MR) is 31.0 cm³/mol. The summed E-state index contributed by atoms with van der Waals surface area (Å²) in [5.41, 5.74) is 0. The van der Waals surface area contributed by atoms with Crippen molar-refractivity contribution in [2.24, 2.45) is 0 Å². The molecule has 1 aromatic carbocycles. The van der Waals surface area contributed by atoms with Crippen molar-refractivity contribution in [1.29, 1.82) is 0 Å². The third-order valence-corrected chi connectivity index (χ3v) is 0.607. The van der Waals surface area contributed by atoms with E-state index in [-0.39, 0.29) is 72.9 Å². The smallest absolute Gasteiger partial charge is 1.00 e. The summed E-state index contributed by atoms with van der Waals surface area (Å²) in [6.07, 6.45) is 0. The van der Waals surface area contributed by atoms with Gasteiger partial charge in [-0.1, -0.05) is 0 Å². The summed E-state index contributed by atoms with van der Waals surface area (Å²) in [6, 6.07) is 12.5. The third kappa shape index (κ3) is 5.65. The molecule has 0 bridgehead atoms. The van der Waals surface area contributed by atoms with E-state index in [0.29, 0.717) is 0 Å². The molecule has 0 heterocycles. The normalized spacial score (nSPS) is 6.00. The Labute approximate surface area is 107 Å². The molecule has 0 aliphatic carbocycles. The molecule has 1 rings (SSSR count). The molecule has 2 heteroatoms. The summed E-state index contributed by atoms with van der Waals surface area (Å²) >= 11 is 0. The minimum absolute atomic E-state index is 0. The Morgan fingerprint density at radius 3 is 1.50 bits per heavy atom. The molecule has 0 aromatic heterocycles. The van der Waals surface area contributed by atoms with Crippen molar-refractivity contribution in [1.82, 2.24) is 0 Å². The van der Waals surface area contributed by atoms with E-state index < -0.39 is 0 Å². The molecule has 1 aromatic rings. The van der Waals surface area contributed by atoms with Gasteiger partial charge in [0.1, 0.15) is 0 Å². The fourth-order valence-corrected chi connectivity index (χ4v) is 0.342. The molecule has 8 heavy (non-hydrogen) atoms. The van der Waals surface area contributed by atoms with E-state index in [9.17, 15) is 0 Å². The van der Waals surface area contributed by atoms with Crippen LogP contribution in [0.15, 0.2) is 30.3 Å². The minimum Gasteiger partial charge on any atom is -1.00 e. The van der Waals surface area contributed by atoms with Crippen LogP contribution >= 0.6 is 0 Å². The van der Waals surface area contributed by atoms with Crippen molar-refractivity contribution in [2.75, 3.05) is 0 Å². The van der Waals surface area contributed by atoms with Gasteiger partial charge in [-0.3, -0.25) is 0 Å². The molecule has 0 amide bonds. The van der Waals surface area contributed by atoms with Gasteiger partial charge in [0.25, 0.3) is 0 Å². The first-order chi connectivity index (χ1) is 3.00. The number of hydrogen-bond acceptors (Lipinski definition) is 0. The monoisotopic (exact) mass is 342 g/mol. The summed E-state index contributed by atoms with van der Waals surface area (Å²) in [5, 5.41) is 0. The van der Waals surface area contributed by atoms with Crippen molar-refractivity contribution in [3.8, 4) is 0 Å². The number of benzene rings is 1. The standard InChI is InChI=1S/C6H5.Ba.HI/c1-2-4-6-5-3-1;;/h1-5H;;1H/q-1;+2;/p-1. The van der Waals surface area contributed by atoms with Crippen LogP contribution in [0, 0.1) is 6.07 Å². The Kier molecular flexibility index (Phi) is 13.0. The molecule has 0 N–H and O–H groups in total. The maximum atomic E-state index is 2.89. The Morgan fingerprint density at radius 1 is 0.875 bits per heavy atom. The van der Waals surface area contributed by atoms with E-state index in [2.05, 4.69) is 6.07 Å². The molecule has 0 saturated heterocycles. The zero-order valence-electron chi connectivity index (χ0n) is 4.47. The first-order valence-electron chi connectivity index (χ1n) is 1.91. The van der Waals surface area contributed by atoms with Gasteiger partial charge in [0, 0.05) is 0 Å². The molecular formula is C6H5BaI. The molecule has 0 nitrogen and oxygen atoms in total. The van der Waals surface area contributed by atoms with E-state index in [0.717, 1.165) is 0 Å². The van der Waals surface area contributed by atoms with E-state index in [1.165, 1.54) is 0 Å². The Morgan fingerprint density at radius 2 is 1.38 bits per heavy atom.